The highest BCUT2D eigenvalue weighted by atomic mass is 16.5. The molecule has 1 amide bonds. The zero-order chi connectivity index (χ0) is 13.7. The fourth-order valence-electron chi connectivity index (χ4n) is 2.34. The molecule has 1 aromatic rings. The van der Waals surface area contributed by atoms with Gasteiger partial charge in [0.05, 0.1) is 13.2 Å². The van der Waals surface area contributed by atoms with Crippen molar-refractivity contribution in [2.45, 2.75) is 19.4 Å². The number of anilines is 1. The van der Waals surface area contributed by atoms with E-state index >= 15 is 0 Å². The number of hydrogen-bond acceptors (Lipinski definition) is 3. The Balaban J connectivity index is 2.26. The molecular formula is C15H20N2O2. The number of ether oxygens (including phenoxy) is 1. The molecule has 4 nitrogen and oxygen atoms in total. The van der Waals surface area contributed by atoms with Crippen LogP contribution in [0.3, 0.4) is 0 Å². The maximum atomic E-state index is 12.3. The van der Waals surface area contributed by atoms with Gasteiger partial charge in [-0.15, -0.1) is 0 Å². The smallest absolute Gasteiger partial charge is 0.250 e. The van der Waals surface area contributed by atoms with Crippen molar-refractivity contribution in [2.24, 2.45) is 0 Å². The predicted octanol–water partition coefficient (Wildman–Crippen LogP) is 1.97. The highest BCUT2D eigenvalue weighted by Crippen LogP contribution is 2.23. The van der Waals surface area contributed by atoms with Crippen LogP contribution < -0.4 is 15.0 Å². The zero-order valence-electron chi connectivity index (χ0n) is 11.4. The molecule has 4 heteroatoms. The summed E-state index contributed by atoms with van der Waals surface area (Å²) in [6.07, 6.45) is 4.37. The highest BCUT2D eigenvalue weighted by Gasteiger charge is 2.26. The van der Waals surface area contributed by atoms with E-state index in [-0.39, 0.29) is 11.9 Å². The van der Waals surface area contributed by atoms with Crippen LogP contribution in [0.15, 0.2) is 36.4 Å². The van der Waals surface area contributed by atoms with Crippen molar-refractivity contribution in [3.63, 3.8) is 0 Å². The van der Waals surface area contributed by atoms with E-state index in [0.29, 0.717) is 0 Å². The molecule has 1 atom stereocenters. The van der Waals surface area contributed by atoms with E-state index in [0.717, 1.165) is 30.9 Å². The van der Waals surface area contributed by atoms with Gasteiger partial charge in [0.2, 0.25) is 0 Å². The normalized spacial score (nSPS) is 18.7. The Morgan fingerprint density at radius 1 is 1.42 bits per heavy atom. The first-order valence-corrected chi connectivity index (χ1v) is 6.57. The van der Waals surface area contributed by atoms with Crippen molar-refractivity contribution in [1.29, 1.82) is 0 Å². The molecule has 0 bridgehead atoms. The van der Waals surface area contributed by atoms with Gasteiger partial charge in [-0.1, -0.05) is 6.08 Å². The Morgan fingerprint density at radius 2 is 2.16 bits per heavy atom. The molecule has 102 valence electrons. The Morgan fingerprint density at radius 3 is 2.68 bits per heavy atom. The second-order valence-electron chi connectivity index (χ2n) is 4.55. The van der Waals surface area contributed by atoms with Crippen molar-refractivity contribution in [3.8, 4) is 5.75 Å². The van der Waals surface area contributed by atoms with E-state index in [4.69, 9.17) is 4.74 Å². The first-order valence-electron chi connectivity index (χ1n) is 6.57. The first kappa shape index (κ1) is 13.6. The summed E-state index contributed by atoms with van der Waals surface area (Å²) in [6.45, 7) is 3.66. The fourth-order valence-corrected chi connectivity index (χ4v) is 2.34. The van der Waals surface area contributed by atoms with Gasteiger partial charge in [-0.05, 0) is 50.2 Å². The molecule has 0 radical (unpaired) electrons. The third kappa shape index (κ3) is 3.15. The Bertz CT molecular complexity index is 448. The Labute approximate surface area is 114 Å². The summed E-state index contributed by atoms with van der Waals surface area (Å²) < 4.78 is 5.15. The lowest BCUT2D eigenvalue weighted by molar-refractivity contribution is -0.114. The Hall–Kier alpha value is -1.81. The minimum atomic E-state index is 0.0290. The number of benzene rings is 1. The number of hydrogen-bond donors (Lipinski definition) is 1. The monoisotopic (exact) mass is 260 g/mol. The molecule has 1 aromatic carbocycles. The van der Waals surface area contributed by atoms with Crippen LogP contribution in [-0.2, 0) is 4.79 Å². The molecule has 1 N–H and O–H groups in total. The molecule has 1 aliphatic rings. The molecule has 0 saturated carbocycles. The number of carbonyl (C=O) groups is 1. The van der Waals surface area contributed by atoms with Crippen LogP contribution in [0.25, 0.3) is 0 Å². The zero-order valence-corrected chi connectivity index (χ0v) is 11.4. The van der Waals surface area contributed by atoms with E-state index in [1.54, 1.807) is 19.3 Å². The number of carbonyl (C=O) groups excluding carboxylic acids is 1. The quantitative estimate of drug-likeness (QED) is 0.842. The lowest BCUT2D eigenvalue weighted by atomic mass is 10.1. The molecule has 1 fully saturated rings. The van der Waals surface area contributed by atoms with Gasteiger partial charge in [-0.2, -0.15) is 0 Å². The molecule has 1 heterocycles. The van der Waals surface area contributed by atoms with Crippen molar-refractivity contribution in [1.82, 2.24) is 5.32 Å². The van der Waals surface area contributed by atoms with Crippen LogP contribution in [-0.4, -0.2) is 32.1 Å². The number of rotatable bonds is 4. The summed E-state index contributed by atoms with van der Waals surface area (Å²) in [6, 6.07) is 7.84. The van der Waals surface area contributed by atoms with E-state index < -0.39 is 0 Å². The molecular weight excluding hydrogens is 240 g/mol. The van der Waals surface area contributed by atoms with Crippen molar-refractivity contribution < 1.29 is 9.53 Å². The van der Waals surface area contributed by atoms with Gasteiger partial charge in [0, 0.05) is 12.2 Å². The van der Waals surface area contributed by atoms with Crippen molar-refractivity contribution >= 4 is 11.6 Å². The molecule has 19 heavy (non-hydrogen) atoms. The largest absolute Gasteiger partial charge is 0.497 e. The maximum absolute atomic E-state index is 12.3. The molecule has 2 rings (SSSR count). The average molecular weight is 260 g/mol. The minimum absolute atomic E-state index is 0.0290. The molecule has 0 aliphatic carbocycles. The third-order valence-corrected chi connectivity index (χ3v) is 3.30. The van der Waals surface area contributed by atoms with Crippen LogP contribution >= 0.6 is 0 Å². The standard InChI is InChI=1S/C15H20N2O2/c1-3-4-15(18)17(13-9-10-16-11-13)12-5-7-14(19-2)8-6-12/h3-8,13,16H,9-11H2,1-2H3. The third-order valence-electron chi connectivity index (χ3n) is 3.30. The summed E-state index contributed by atoms with van der Waals surface area (Å²) >= 11 is 0. The lowest BCUT2D eigenvalue weighted by Crippen LogP contribution is -2.40. The summed E-state index contributed by atoms with van der Waals surface area (Å²) in [7, 11) is 1.64. The second kappa shape index (κ2) is 6.38. The van der Waals surface area contributed by atoms with Gasteiger partial charge in [0.15, 0.2) is 0 Å². The van der Waals surface area contributed by atoms with Crippen molar-refractivity contribution in [2.75, 3.05) is 25.1 Å². The summed E-state index contributed by atoms with van der Waals surface area (Å²) in [5, 5.41) is 3.30. The van der Waals surface area contributed by atoms with Crippen LogP contribution in [0.1, 0.15) is 13.3 Å². The van der Waals surface area contributed by atoms with Crippen molar-refractivity contribution in [3.05, 3.63) is 36.4 Å². The van der Waals surface area contributed by atoms with Crippen LogP contribution in [0.4, 0.5) is 5.69 Å². The minimum Gasteiger partial charge on any atom is -0.497 e. The van der Waals surface area contributed by atoms with Crippen LogP contribution in [0.5, 0.6) is 5.75 Å². The van der Waals surface area contributed by atoms with Gasteiger partial charge in [-0.25, -0.2) is 0 Å². The van der Waals surface area contributed by atoms with Gasteiger partial charge in [-0.3, -0.25) is 4.79 Å². The van der Waals surface area contributed by atoms with E-state index in [1.807, 2.05) is 36.1 Å². The first-order chi connectivity index (χ1) is 9.26. The van der Waals surface area contributed by atoms with Gasteiger partial charge >= 0.3 is 0 Å². The Kier molecular flexibility index (Phi) is 4.58. The van der Waals surface area contributed by atoms with Crippen LogP contribution in [0, 0.1) is 0 Å². The molecule has 0 aromatic heterocycles. The molecule has 1 unspecified atom stereocenters. The fraction of sp³-hybridized carbons (Fsp3) is 0.400. The molecule has 0 spiro atoms. The number of amides is 1. The van der Waals surface area contributed by atoms with E-state index in [1.165, 1.54) is 0 Å². The summed E-state index contributed by atoms with van der Waals surface area (Å²) in [4.78, 5) is 14.1. The predicted molar refractivity (Wildman–Crippen MR) is 76.6 cm³/mol. The van der Waals surface area contributed by atoms with Crippen LogP contribution in [0.2, 0.25) is 0 Å². The SMILES string of the molecule is CC=CC(=O)N(c1ccc(OC)cc1)C1CCNC1. The van der Waals surface area contributed by atoms with Gasteiger partial charge in [0.25, 0.3) is 5.91 Å². The van der Waals surface area contributed by atoms with Gasteiger partial charge < -0.3 is 15.0 Å². The number of methoxy groups -OCH3 is 1. The summed E-state index contributed by atoms with van der Waals surface area (Å²) in [5.41, 5.74) is 0.914. The van der Waals surface area contributed by atoms with E-state index in [2.05, 4.69) is 5.32 Å². The number of nitrogens with zero attached hydrogens (tertiary/aromatic N) is 1. The van der Waals surface area contributed by atoms with E-state index in [9.17, 15) is 4.79 Å². The second-order valence-corrected chi connectivity index (χ2v) is 4.55. The molecule has 1 saturated heterocycles. The van der Waals surface area contributed by atoms with Gasteiger partial charge in [0.1, 0.15) is 5.75 Å². The molecule has 1 aliphatic heterocycles. The highest BCUT2D eigenvalue weighted by molar-refractivity contribution is 6.02. The average Bonchev–Trinajstić information content (AvgIpc) is 2.94. The number of allylic oxidation sites excluding steroid dienone is 1. The topological polar surface area (TPSA) is 41.6 Å². The summed E-state index contributed by atoms with van der Waals surface area (Å²) in [5.74, 6) is 0.827. The maximum Gasteiger partial charge on any atom is 0.250 e. The lowest BCUT2D eigenvalue weighted by Gasteiger charge is -2.27. The number of nitrogens with one attached hydrogen (secondary N) is 1.